The summed E-state index contributed by atoms with van der Waals surface area (Å²) in [7, 11) is 2.00. The van der Waals surface area contributed by atoms with Crippen LogP contribution < -0.4 is 4.90 Å². The number of likely N-dealkylation sites (N-methyl/N-ethyl adjacent to an activating group) is 1. The number of benzene rings is 1. The zero-order chi connectivity index (χ0) is 10.1. The van der Waals surface area contributed by atoms with Gasteiger partial charge in [-0.15, -0.1) is 0 Å². The topological polar surface area (TPSA) is 27.0 Å². The second-order valence-electron chi connectivity index (χ2n) is 3.76. The van der Waals surface area contributed by atoms with E-state index in [9.17, 15) is 0 Å². The average molecular weight is 186 g/mol. The number of para-hydroxylation sites is 1. The van der Waals surface area contributed by atoms with Gasteiger partial charge in [0.2, 0.25) is 0 Å². The standard InChI is InChI=1S/C12H14N2/c1-3-9-10-6-4-5-7-11(10)14(2)12(9)8-13/h4-7,9,12H,3H2,1-2H3/t9-,12-/m1/s1. The van der Waals surface area contributed by atoms with Crippen LogP contribution >= 0.6 is 0 Å². The first-order chi connectivity index (χ1) is 6.79. The van der Waals surface area contributed by atoms with Crippen LogP contribution in [0, 0.1) is 11.3 Å². The molecule has 1 aromatic carbocycles. The molecule has 0 saturated heterocycles. The highest BCUT2D eigenvalue weighted by atomic mass is 15.2. The fraction of sp³-hybridized carbons (Fsp3) is 0.417. The summed E-state index contributed by atoms with van der Waals surface area (Å²) in [6.07, 6.45) is 1.03. The highest BCUT2D eigenvalue weighted by molar-refractivity contribution is 5.62. The molecule has 2 nitrogen and oxygen atoms in total. The predicted octanol–water partition coefficient (Wildman–Crippen LogP) is 2.52. The SMILES string of the molecule is CC[C@@H]1c2ccccc2N(C)[C@@H]1C#N. The Labute approximate surface area is 84.8 Å². The third-order valence-corrected chi connectivity index (χ3v) is 3.09. The molecule has 72 valence electrons. The first kappa shape index (κ1) is 9.08. The number of nitriles is 1. The van der Waals surface area contributed by atoms with Crippen molar-refractivity contribution in [1.29, 1.82) is 5.26 Å². The molecule has 0 fully saturated rings. The van der Waals surface area contributed by atoms with Gasteiger partial charge in [-0.05, 0) is 18.1 Å². The van der Waals surface area contributed by atoms with Crippen LogP contribution in [0.25, 0.3) is 0 Å². The molecule has 1 aromatic rings. The van der Waals surface area contributed by atoms with Gasteiger partial charge in [-0.3, -0.25) is 0 Å². The number of fused-ring (bicyclic) bond motifs is 1. The van der Waals surface area contributed by atoms with E-state index in [1.165, 1.54) is 11.3 Å². The summed E-state index contributed by atoms with van der Waals surface area (Å²) in [6.45, 7) is 2.14. The van der Waals surface area contributed by atoms with Gasteiger partial charge in [-0.2, -0.15) is 5.26 Å². The quantitative estimate of drug-likeness (QED) is 0.673. The lowest BCUT2D eigenvalue weighted by molar-refractivity contribution is 0.618. The summed E-state index contributed by atoms with van der Waals surface area (Å²) in [5.41, 5.74) is 2.54. The fourth-order valence-corrected chi connectivity index (χ4v) is 2.33. The second-order valence-corrected chi connectivity index (χ2v) is 3.76. The van der Waals surface area contributed by atoms with Crippen molar-refractivity contribution in [2.75, 3.05) is 11.9 Å². The monoisotopic (exact) mass is 186 g/mol. The third-order valence-electron chi connectivity index (χ3n) is 3.09. The van der Waals surface area contributed by atoms with Gasteiger partial charge in [-0.1, -0.05) is 25.1 Å². The van der Waals surface area contributed by atoms with Crippen molar-refractivity contribution in [2.45, 2.75) is 25.3 Å². The van der Waals surface area contributed by atoms with Crippen LogP contribution in [0.1, 0.15) is 24.8 Å². The van der Waals surface area contributed by atoms with Gasteiger partial charge in [0.15, 0.2) is 0 Å². The summed E-state index contributed by atoms with van der Waals surface area (Å²) in [6, 6.07) is 10.7. The molecule has 0 saturated carbocycles. The van der Waals surface area contributed by atoms with Crippen molar-refractivity contribution >= 4 is 5.69 Å². The maximum absolute atomic E-state index is 9.12. The van der Waals surface area contributed by atoms with Gasteiger partial charge >= 0.3 is 0 Å². The molecular formula is C12H14N2. The van der Waals surface area contributed by atoms with Gasteiger partial charge in [0.05, 0.1) is 6.07 Å². The van der Waals surface area contributed by atoms with Crippen LogP contribution in [-0.4, -0.2) is 13.1 Å². The Hall–Kier alpha value is -1.49. The molecule has 14 heavy (non-hydrogen) atoms. The molecule has 1 aliphatic rings. The molecule has 0 aliphatic carbocycles. The maximum atomic E-state index is 9.12. The van der Waals surface area contributed by atoms with E-state index < -0.39 is 0 Å². The summed E-state index contributed by atoms with van der Waals surface area (Å²) in [4.78, 5) is 2.09. The Balaban J connectivity index is 2.50. The number of hydrogen-bond donors (Lipinski definition) is 0. The zero-order valence-corrected chi connectivity index (χ0v) is 8.57. The van der Waals surface area contributed by atoms with Gasteiger partial charge in [0, 0.05) is 18.7 Å². The molecule has 2 heteroatoms. The van der Waals surface area contributed by atoms with Crippen LogP contribution in [0.15, 0.2) is 24.3 Å². The first-order valence-corrected chi connectivity index (χ1v) is 5.01. The number of anilines is 1. The molecule has 0 bridgehead atoms. The molecule has 2 atom stereocenters. The number of rotatable bonds is 1. The third kappa shape index (κ3) is 1.09. The molecule has 0 unspecified atom stereocenters. The van der Waals surface area contributed by atoms with Crippen molar-refractivity contribution in [2.24, 2.45) is 0 Å². The van der Waals surface area contributed by atoms with E-state index in [2.05, 4.69) is 36.1 Å². The van der Waals surface area contributed by atoms with Gasteiger partial charge < -0.3 is 4.90 Å². The largest absolute Gasteiger partial charge is 0.358 e. The predicted molar refractivity (Wildman–Crippen MR) is 57.3 cm³/mol. The zero-order valence-electron chi connectivity index (χ0n) is 8.57. The van der Waals surface area contributed by atoms with E-state index in [4.69, 9.17) is 5.26 Å². The average Bonchev–Trinajstić information content (AvgIpc) is 2.51. The van der Waals surface area contributed by atoms with Crippen molar-refractivity contribution in [3.63, 3.8) is 0 Å². The Morgan fingerprint density at radius 1 is 1.43 bits per heavy atom. The van der Waals surface area contributed by atoms with Crippen LogP contribution in [0.2, 0.25) is 0 Å². The van der Waals surface area contributed by atoms with E-state index in [-0.39, 0.29) is 6.04 Å². The molecule has 1 aliphatic heterocycles. The minimum Gasteiger partial charge on any atom is -0.358 e. The van der Waals surface area contributed by atoms with Gasteiger partial charge in [0.25, 0.3) is 0 Å². The molecule has 0 amide bonds. The molecule has 1 heterocycles. The second kappa shape index (κ2) is 3.34. The minimum atomic E-state index is 0.0115. The van der Waals surface area contributed by atoms with E-state index in [0.29, 0.717) is 5.92 Å². The summed E-state index contributed by atoms with van der Waals surface area (Å²) < 4.78 is 0. The lowest BCUT2D eigenvalue weighted by atomic mass is 9.93. The lowest BCUT2D eigenvalue weighted by Gasteiger charge is -2.19. The Bertz CT molecular complexity index is 378. The Morgan fingerprint density at radius 2 is 2.14 bits per heavy atom. The highest BCUT2D eigenvalue weighted by Gasteiger charge is 2.34. The van der Waals surface area contributed by atoms with Crippen molar-refractivity contribution < 1.29 is 0 Å². The van der Waals surface area contributed by atoms with Gasteiger partial charge in [0.1, 0.15) is 6.04 Å². The van der Waals surface area contributed by atoms with Crippen molar-refractivity contribution in [3.8, 4) is 6.07 Å². The first-order valence-electron chi connectivity index (χ1n) is 5.01. The number of nitrogens with zero attached hydrogens (tertiary/aromatic N) is 2. The molecule has 0 radical (unpaired) electrons. The van der Waals surface area contributed by atoms with E-state index >= 15 is 0 Å². The summed E-state index contributed by atoms with van der Waals surface area (Å²) in [5.74, 6) is 0.376. The van der Waals surface area contributed by atoms with E-state index in [1.54, 1.807) is 0 Å². The smallest absolute Gasteiger partial charge is 0.123 e. The Kier molecular flexibility index (Phi) is 2.17. The Morgan fingerprint density at radius 3 is 2.79 bits per heavy atom. The highest BCUT2D eigenvalue weighted by Crippen LogP contribution is 2.41. The molecule has 0 N–H and O–H groups in total. The van der Waals surface area contributed by atoms with Gasteiger partial charge in [-0.25, -0.2) is 0 Å². The molecule has 0 spiro atoms. The van der Waals surface area contributed by atoms with Crippen LogP contribution in [0.4, 0.5) is 5.69 Å². The van der Waals surface area contributed by atoms with Crippen LogP contribution in [0.3, 0.4) is 0 Å². The number of hydrogen-bond acceptors (Lipinski definition) is 2. The molecule has 0 aromatic heterocycles. The van der Waals surface area contributed by atoms with Crippen molar-refractivity contribution in [1.82, 2.24) is 0 Å². The van der Waals surface area contributed by atoms with Crippen molar-refractivity contribution in [3.05, 3.63) is 29.8 Å². The molecule has 2 rings (SSSR count). The fourth-order valence-electron chi connectivity index (χ4n) is 2.33. The molecular weight excluding hydrogens is 172 g/mol. The van der Waals surface area contributed by atoms with Crippen LogP contribution in [-0.2, 0) is 0 Å². The minimum absolute atomic E-state index is 0.0115. The summed E-state index contributed by atoms with van der Waals surface area (Å²) in [5, 5.41) is 9.12. The lowest BCUT2D eigenvalue weighted by Crippen LogP contribution is -2.28. The van der Waals surface area contributed by atoms with E-state index in [1.807, 2.05) is 13.1 Å². The summed E-state index contributed by atoms with van der Waals surface area (Å²) >= 11 is 0. The van der Waals surface area contributed by atoms with Crippen LogP contribution in [0.5, 0.6) is 0 Å². The normalized spacial score (nSPS) is 24.5. The maximum Gasteiger partial charge on any atom is 0.123 e. The van der Waals surface area contributed by atoms with E-state index in [0.717, 1.165) is 6.42 Å².